The lowest BCUT2D eigenvalue weighted by atomic mass is 10.0. The molecule has 0 aromatic heterocycles. The number of carbonyl (C=O) groups excluding carboxylic acids is 1. The van der Waals surface area contributed by atoms with Gasteiger partial charge in [0.1, 0.15) is 5.82 Å². The fraction of sp³-hybridized carbons (Fsp3) is 0.588. The third kappa shape index (κ3) is 6.15. The van der Waals surface area contributed by atoms with E-state index in [1.54, 1.807) is 12.1 Å². The van der Waals surface area contributed by atoms with Gasteiger partial charge in [-0.1, -0.05) is 37.8 Å². The number of rotatable bonds is 7. The number of urea groups is 1. The second-order valence-electron chi connectivity index (χ2n) is 5.85. The van der Waals surface area contributed by atoms with Gasteiger partial charge in [-0.2, -0.15) is 0 Å². The van der Waals surface area contributed by atoms with Crippen molar-refractivity contribution in [3.63, 3.8) is 0 Å². The average Bonchev–Trinajstić information content (AvgIpc) is 2.99. The Hall–Kier alpha value is -1.58. The van der Waals surface area contributed by atoms with Gasteiger partial charge in [0, 0.05) is 13.1 Å². The molecule has 2 amide bonds. The second kappa shape index (κ2) is 8.65. The van der Waals surface area contributed by atoms with Crippen molar-refractivity contribution in [2.75, 3.05) is 13.1 Å². The Morgan fingerprint density at radius 3 is 2.48 bits per heavy atom. The maximum Gasteiger partial charge on any atom is 0.314 e. The molecule has 0 aliphatic heterocycles. The first-order valence-corrected chi connectivity index (χ1v) is 8.00. The predicted molar refractivity (Wildman–Crippen MR) is 82.7 cm³/mol. The first kappa shape index (κ1) is 15.8. The molecule has 0 atom stereocenters. The largest absolute Gasteiger partial charge is 0.338 e. The summed E-state index contributed by atoms with van der Waals surface area (Å²) in [4.78, 5) is 11.6. The summed E-state index contributed by atoms with van der Waals surface area (Å²) in [6, 6.07) is 6.27. The van der Waals surface area contributed by atoms with Gasteiger partial charge in [-0.05, 0) is 42.9 Å². The van der Waals surface area contributed by atoms with Gasteiger partial charge in [-0.3, -0.25) is 0 Å². The standard InChI is InChI=1S/C17H25FN2O/c18-16-9-7-15(8-10-16)11-13-20-17(21)19-12-3-6-14-4-1-2-5-14/h7-10,14H,1-6,11-13H2,(H2,19,20,21). The van der Waals surface area contributed by atoms with Crippen molar-refractivity contribution < 1.29 is 9.18 Å². The SMILES string of the molecule is O=C(NCCCC1CCCC1)NCCc1ccc(F)cc1. The van der Waals surface area contributed by atoms with E-state index >= 15 is 0 Å². The summed E-state index contributed by atoms with van der Waals surface area (Å²) in [5.74, 6) is 0.653. The number of amides is 2. The Balaban J connectivity index is 1.50. The quantitative estimate of drug-likeness (QED) is 0.740. The van der Waals surface area contributed by atoms with Crippen molar-refractivity contribution in [1.29, 1.82) is 0 Å². The molecular weight excluding hydrogens is 267 g/mol. The molecule has 1 aliphatic carbocycles. The summed E-state index contributed by atoms with van der Waals surface area (Å²) >= 11 is 0. The monoisotopic (exact) mass is 292 g/mol. The van der Waals surface area contributed by atoms with Crippen LogP contribution >= 0.6 is 0 Å². The highest BCUT2D eigenvalue weighted by atomic mass is 19.1. The lowest BCUT2D eigenvalue weighted by Crippen LogP contribution is -2.37. The Labute approximate surface area is 126 Å². The third-order valence-electron chi connectivity index (χ3n) is 4.16. The smallest absolute Gasteiger partial charge is 0.314 e. The maximum absolute atomic E-state index is 12.7. The first-order chi connectivity index (χ1) is 10.2. The molecule has 116 valence electrons. The first-order valence-electron chi connectivity index (χ1n) is 8.00. The lowest BCUT2D eigenvalue weighted by molar-refractivity contribution is 0.240. The fourth-order valence-electron chi connectivity index (χ4n) is 2.93. The van der Waals surface area contributed by atoms with Crippen LogP contribution in [0.3, 0.4) is 0 Å². The minimum absolute atomic E-state index is 0.108. The van der Waals surface area contributed by atoms with Crippen molar-refractivity contribution in [3.8, 4) is 0 Å². The van der Waals surface area contributed by atoms with E-state index in [2.05, 4.69) is 10.6 Å². The molecule has 21 heavy (non-hydrogen) atoms. The van der Waals surface area contributed by atoms with Crippen LogP contribution in [0.1, 0.15) is 44.1 Å². The van der Waals surface area contributed by atoms with Crippen molar-refractivity contribution in [2.24, 2.45) is 5.92 Å². The van der Waals surface area contributed by atoms with Gasteiger partial charge in [0.25, 0.3) is 0 Å². The molecule has 1 aliphatic rings. The van der Waals surface area contributed by atoms with E-state index in [9.17, 15) is 9.18 Å². The van der Waals surface area contributed by atoms with E-state index in [1.165, 1.54) is 44.2 Å². The van der Waals surface area contributed by atoms with Gasteiger partial charge < -0.3 is 10.6 Å². The van der Waals surface area contributed by atoms with Crippen LogP contribution in [0.2, 0.25) is 0 Å². The molecule has 2 N–H and O–H groups in total. The molecule has 0 unspecified atom stereocenters. The molecule has 0 saturated heterocycles. The highest BCUT2D eigenvalue weighted by Crippen LogP contribution is 2.28. The molecule has 1 fully saturated rings. The predicted octanol–water partition coefficient (Wildman–Crippen LogP) is 3.64. The molecule has 0 bridgehead atoms. The molecule has 2 rings (SSSR count). The van der Waals surface area contributed by atoms with Crippen LogP contribution in [0.5, 0.6) is 0 Å². The molecular formula is C17H25FN2O. The third-order valence-corrected chi connectivity index (χ3v) is 4.16. The highest BCUT2D eigenvalue weighted by molar-refractivity contribution is 5.73. The summed E-state index contributed by atoms with van der Waals surface area (Å²) in [6.07, 6.45) is 8.50. The summed E-state index contributed by atoms with van der Waals surface area (Å²) < 4.78 is 12.7. The summed E-state index contributed by atoms with van der Waals surface area (Å²) in [7, 11) is 0. The van der Waals surface area contributed by atoms with Gasteiger partial charge >= 0.3 is 6.03 Å². The minimum atomic E-state index is -0.230. The summed E-state index contributed by atoms with van der Waals surface area (Å²) in [5.41, 5.74) is 1.03. The van der Waals surface area contributed by atoms with Crippen LogP contribution in [-0.4, -0.2) is 19.1 Å². The number of halogens is 1. The van der Waals surface area contributed by atoms with Gasteiger partial charge in [0.05, 0.1) is 0 Å². The minimum Gasteiger partial charge on any atom is -0.338 e. The topological polar surface area (TPSA) is 41.1 Å². The Kier molecular flexibility index (Phi) is 6.51. The van der Waals surface area contributed by atoms with Crippen molar-refractivity contribution >= 4 is 6.03 Å². The molecule has 1 aromatic rings. The Morgan fingerprint density at radius 2 is 1.76 bits per heavy atom. The number of carbonyl (C=O) groups is 1. The number of hydrogen-bond donors (Lipinski definition) is 2. The van der Waals surface area contributed by atoms with E-state index in [-0.39, 0.29) is 11.8 Å². The van der Waals surface area contributed by atoms with Crippen LogP contribution in [-0.2, 0) is 6.42 Å². The lowest BCUT2D eigenvalue weighted by Gasteiger charge is -2.10. The zero-order valence-electron chi connectivity index (χ0n) is 12.5. The van der Waals surface area contributed by atoms with Crippen LogP contribution in [0.25, 0.3) is 0 Å². The van der Waals surface area contributed by atoms with E-state index in [4.69, 9.17) is 0 Å². The van der Waals surface area contributed by atoms with Gasteiger partial charge in [0.2, 0.25) is 0 Å². The van der Waals surface area contributed by atoms with Crippen LogP contribution in [0.15, 0.2) is 24.3 Å². The molecule has 0 heterocycles. The zero-order valence-corrected chi connectivity index (χ0v) is 12.5. The fourth-order valence-corrected chi connectivity index (χ4v) is 2.93. The number of benzene rings is 1. The number of hydrogen-bond acceptors (Lipinski definition) is 1. The van der Waals surface area contributed by atoms with E-state index in [1.807, 2.05) is 0 Å². The summed E-state index contributed by atoms with van der Waals surface area (Å²) in [6.45, 7) is 1.32. The van der Waals surface area contributed by atoms with Gasteiger partial charge in [-0.15, -0.1) is 0 Å². The molecule has 0 radical (unpaired) electrons. The van der Waals surface area contributed by atoms with Crippen LogP contribution in [0, 0.1) is 11.7 Å². The van der Waals surface area contributed by atoms with Gasteiger partial charge in [-0.25, -0.2) is 9.18 Å². The van der Waals surface area contributed by atoms with E-state index < -0.39 is 0 Å². The normalized spacial score (nSPS) is 15.1. The highest BCUT2D eigenvalue weighted by Gasteiger charge is 2.14. The van der Waals surface area contributed by atoms with Crippen molar-refractivity contribution in [2.45, 2.75) is 44.9 Å². The van der Waals surface area contributed by atoms with E-state index in [0.29, 0.717) is 6.54 Å². The number of nitrogens with one attached hydrogen (secondary N) is 2. The van der Waals surface area contributed by atoms with Crippen molar-refractivity contribution in [3.05, 3.63) is 35.6 Å². The molecule has 1 saturated carbocycles. The summed E-state index contributed by atoms with van der Waals surface area (Å²) in [5, 5.41) is 5.72. The van der Waals surface area contributed by atoms with Crippen LogP contribution in [0.4, 0.5) is 9.18 Å². The average molecular weight is 292 g/mol. The van der Waals surface area contributed by atoms with Crippen LogP contribution < -0.4 is 10.6 Å². The molecule has 0 spiro atoms. The Morgan fingerprint density at radius 1 is 1.10 bits per heavy atom. The van der Waals surface area contributed by atoms with Crippen molar-refractivity contribution in [1.82, 2.24) is 10.6 Å². The molecule has 4 heteroatoms. The molecule has 3 nitrogen and oxygen atoms in total. The maximum atomic E-state index is 12.7. The second-order valence-corrected chi connectivity index (χ2v) is 5.85. The Bertz CT molecular complexity index is 427. The van der Waals surface area contributed by atoms with Gasteiger partial charge in [0.15, 0.2) is 0 Å². The van der Waals surface area contributed by atoms with E-state index in [0.717, 1.165) is 30.9 Å². The zero-order chi connectivity index (χ0) is 14.9. The molecule has 1 aromatic carbocycles.